The van der Waals surface area contributed by atoms with Crippen molar-refractivity contribution in [2.45, 2.75) is 59.4 Å². The van der Waals surface area contributed by atoms with Gasteiger partial charge in [-0.05, 0) is 43.9 Å². The molecule has 0 bridgehead atoms. The molecular weight excluding hydrogens is 182 g/mol. The van der Waals surface area contributed by atoms with Gasteiger partial charge in [0.15, 0.2) is 0 Å². The van der Waals surface area contributed by atoms with E-state index in [9.17, 15) is 0 Å². The molecule has 0 unspecified atom stereocenters. The first-order chi connectivity index (χ1) is 6.89. The zero-order valence-electron chi connectivity index (χ0n) is 10.9. The van der Waals surface area contributed by atoms with Crippen LogP contribution in [0.5, 0.6) is 0 Å². The summed E-state index contributed by atoms with van der Waals surface area (Å²) < 4.78 is 0. The Morgan fingerprint density at radius 2 is 1.73 bits per heavy atom. The molecule has 1 fully saturated rings. The maximum absolute atomic E-state index is 3.93. The highest BCUT2D eigenvalue weighted by Gasteiger charge is 2.29. The van der Waals surface area contributed by atoms with E-state index in [1.807, 2.05) is 0 Å². The van der Waals surface area contributed by atoms with E-state index in [0.29, 0.717) is 5.41 Å². The minimum absolute atomic E-state index is 0.499. The Morgan fingerprint density at radius 1 is 1.20 bits per heavy atom. The molecule has 88 valence electrons. The third-order valence-corrected chi connectivity index (χ3v) is 3.64. The Kier molecular flexibility index (Phi) is 4.39. The van der Waals surface area contributed by atoms with Crippen LogP contribution in [-0.4, -0.2) is 12.6 Å². The van der Waals surface area contributed by atoms with E-state index in [1.54, 1.807) is 0 Å². The van der Waals surface area contributed by atoms with Crippen LogP contribution >= 0.6 is 0 Å². The first kappa shape index (κ1) is 12.8. The molecule has 15 heavy (non-hydrogen) atoms. The first-order valence-corrected chi connectivity index (χ1v) is 6.27. The average Bonchev–Trinajstić information content (AvgIpc) is 2.14. The maximum Gasteiger partial charge on any atom is 0.0161 e. The SMILES string of the molecule is C=C(C)CNC1CCC(C(C)(C)C)CC1. The van der Waals surface area contributed by atoms with E-state index in [-0.39, 0.29) is 0 Å². The van der Waals surface area contributed by atoms with Crippen LogP contribution in [0.1, 0.15) is 53.4 Å². The van der Waals surface area contributed by atoms with Crippen molar-refractivity contribution in [2.24, 2.45) is 11.3 Å². The fourth-order valence-corrected chi connectivity index (χ4v) is 2.48. The number of hydrogen-bond acceptors (Lipinski definition) is 1. The molecule has 1 nitrogen and oxygen atoms in total. The molecule has 1 aliphatic carbocycles. The average molecular weight is 209 g/mol. The van der Waals surface area contributed by atoms with Crippen molar-refractivity contribution in [3.63, 3.8) is 0 Å². The van der Waals surface area contributed by atoms with Crippen molar-refractivity contribution in [2.75, 3.05) is 6.54 Å². The Morgan fingerprint density at radius 3 is 2.13 bits per heavy atom. The molecule has 1 N–H and O–H groups in total. The number of hydrogen-bond donors (Lipinski definition) is 1. The second-order valence-corrected chi connectivity index (χ2v) is 6.25. The fourth-order valence-electron chi connectivity index (χ4n) is 2.48. The monoisotopic (exact) mass is 209 g/mol. The summed E-state index contributed by atoms with van der Waals surface area (Å²) in [6.07, 6.45) is 5.46. The van der Waals surface area contributed by atoms with Crippen molar-refractivity contribution in [3.8, 4) is 0 Å². The maximum atomic E-state index is 3.93. The van der Waals surface area contributed by atoms with E-state index in [4.69, 9.17) is 0 Å². The second kappa shape index (κ2) is 5.16. The summed E-state index contributed by atoms with van der Waals surface area (Å²) in [5, 5.41) is 3.59. The van der Waals surface area contributed by atoms with E-state index in [2.05, 4.69) is 39.6 Å². The van der Waals surface area contributed by atoms with Crippen LogP contribution in [0.3, 0.4) is 0 Å². The molecule has 0 aromatic heterocycles. The Labute approximate surface area is 95.3 Å². The predicted octanol–water partition coefficient (Wildman–Crippen LogP) is 3.76. The van der Waals surface area contributed by atoms with Gasteiger partial charge in [-0.2, -0.15) is 0 Å². The molecule has 0 aliphatic heterocycles. The minimum atomic E-state index is 0.499. The molecule has 1 aliphatic rings. The second-order valence-electron chi connectivity index (χ2n) is 6.25. The zero-order chi connectivity index (χ0) is 11.5. The summed E-state index contributed by atoms with van der Waals surface area (Å²) in [6.45, 7) is 14.1. The van der Waals surface area contributed by atoms with Gasteiger partial charge >= 0.3 is 0 Å². The van der Waals surface area contributed by atoms with Gasteiger partial charge < -0.3 is 5.32 Å². The van der Waals surface area contributed by atoms with Gasteiger partial charge in [0.25, 0.3) is 0 Å². The Balaban J connectivity index is 2.27. The third-order valence-electron chi connectivity index (χ3n) is 3.64. The molecule has 0 aromatic rings. The van der Waals surface area contributed by atoms with E-state index in [1.165, 1.54) is 31.3 Å². The number of nitrogens with one attached hydrogen (secondary N) is 1. The van der Waals surface area contributed by atoms with E-state index < -0.39 is 0 Å². The largest absolute Gasteiger partial charge is 0.310 e. The standard InChI is InChI=1S/C14H27N/c1-11(2)10-15-13-8-6-12(7-9-13)14(3,4)5/h12-13,15H,1,6-10H2,2-5H3. The lowest BCUT2D eigenvalue weighted by Gasteiger charge is -2.37. The van der Waals surface area contributed by atoms with Crippen molar-refractivity contribution in [1.82, 2.24) is 5.32 Å². The molecule has 0 saturated heterocycles. The molecule has 0 atom stereocenters. The van der Waals surface area contributed by atoms with Crippen molar-refractivity contribution >= 4 is 0 Å². The molecule has 0 spiro atoms. The van der Waals surface area contributed by atoms with Gasteiger partial charge in [0.1, 0.15) is 0 Å². The molecule has 0 heterocycles. The zero-order valence-corrected chi connectivity index (χ0v) is 10.9. The highest BCUT2D eigenvalue weighted by molar-refractivity contribution is 4.93. The van der Waals surface area contributed by atoms with Crippen molar-refractivity contribution < 1.29 is 0 Å². The summed E-state index contributed by atoms with van der Waals surface area (Å²) in [6, 6.07) is 0.736. The lowest BCUT2D eigenvalue weighted by Crippen LogP contribution is -2.36. The van der Waals surface area contributed by atoms with Crippen molar-refractivity contribution in [1.29, 1.82) is 0 Å². The highest BCUT2D eigenvalue weighted by atomic mass is 14.9. The van der Waals surface area contributed by atoms with Gasteiger partial charge in [0.05, 0.1) is 0 Å². The van der Waals surface area contributed by atoms with Crippen LogP contribution in [0.4, 0.5) is 0 Å². The molecule has 0 aromatic carbocycles. The molecule has 1 saturated carbocycles. The molecule has 0 radical (unpaired) electrons. The Bertz CT molecular complexity index is 204. The van der Waals surface area contributed by atoms with Gasteiger partial charge in [0, 0.05) is 12.6 Å². The van der Waals surface area contributed by atoms with Gasteiger partial charge in [-0.1, -0.05) is 32.9 Å². The predicted molar refractivity (Wildman–Crippen MR) is 68.0 cm³/mol. The molecular formula is C14H27N. The van der Waals surface area contributed by atoms with Gasteiger partial charge in [-0.3, -0.25) is 0 Å². The number of rotatable bonds is 3. The van der Waals surface area contributed by atoms with Crippen LogP contribution in [0.25, 0.3) is 0 Å². The quantitative estimate of drug-likeness (QED) is 0.698. The molecule has 1 heteroatoms. The summed E-state index contributed by atoms with van der Waals surface area (Å²) in [5.41, 5.74) is 1.74. The minimum Gasteiger partial charge on any atom is -0.310 e. The molecule has 1 rings (SSSR count). The van der Waals surface area contributed by atoms with Crippen LogP contribution in [-0.2, 0) is 0 Å². The fraction of sp³-hybridized carbons (Fsp3) is 0.857. The van der Waals surface area contributed by atoms with Crippen LogP contribution in [0, 0.1) is 11.3 Å². The van der Waals surface area contributed by atoms with Crippen molar-refractivity contribution in [3.05, 3.63) is 12.2 Å². The van der Waals surface area contributed by atoms with E-state index >= 15 is 0 Å². The van der Waals surface area contributed by atoms with Gasteiger partial charge in [0.2, 0.25) is 0 Å². The summed E-state index contributed by atoms with van der Waals surface area (Å²) in [7, 11) is 0. The lowest BCUT2D eigenvalue weighted by atomic mass is 9.71. The van der Waals surface area contributed by atoms with Gasteiger partial charge in [-0.25, -0.2) is 0 Å². The normalized spacial score (nSPS) is 27.7. The third kappa shape index (κ3) is 4.38. The van der Waals surface area contributed by atoms with Crippen LogP contribution in [0.15, 0.2) is 12.2 Å². The van der Waals surface area contributed by atoms with E-state index in [0.717, 1.165) is 18.5 Å². The lowest BCUT2D eigenvalue weighted by molar-refractivity contribution is 0.161. The highest BCUT2D eigenvalue weighted by Crippen LogP contribution is 2.37. The topological polar surface area (TPSA) is 12.0 Å². The smallest absolute Gasteiger partial charge is 0.0161 e. The summed E-state index contributed by atoms with van der Waals surface area (Å²) in [4.78, 5) is 0. The van der Waals surface area contributed by atoms with Crippen LogP contribution < -0.4 is 5.32 Å². The molecule has 0 amide bonds. The summed E-state index contributed by atoms with van der Waals surface area (Å²) in [5.74, 6) is 0.917. The van der Waals surface area contributed by atoms with Gasteiger partial charge in [-0.15, -0.1) is 0 Å². The summed E-state index contributed by atoms with van der Waals surface area (Å²) >= 11 is 0. The Hall–Kier alpha value is -0.300. The van der Waals surface area contributed by atoms with Crippen LogP contribution in [0.2, 0.25) is 0 Å². The first-order valence-electron chi connectivity index (χ1n) is 6.27.